The van der Waals surface area contributed by atoms with Crippen molar-refractivity contribution in [3.05, 3.63) is 65.0 Å². The standard InChI is InChI=1S/C17H20N2O/c1-11-7-15(12(2)16(18)8-11)9-14-5-6-19-17(10-14)13(3)20-4/h5-8,10H,3,9,18H2,1-2,4H3. The largest absolute Gasteiger partial charge is 0.495 e. The van der Waals surface area contributed by atoms with E-state index in [1.54, 1.807) is 13.3 Å². The van der Waals surface area contributed by atoms with E-state index in [-0.39, 0.29) is 0 Å². The quantitative estimate of drug-likeness (QED) is 0.682. The lowest BCUT2D eigenvalue weighted by atomic mass is 9.97. The molecule has 2 rings (SSSR count). The van der Waals surface area contributed by atoms with Gasteiger partial charge in [-0.3, -0.25) is 4.98 Å². The zero-order valence-corrected chi connectivity index (χ0v) is 12.2. The number of nitrogens with two attached hydrogens (primary N) is 1. The molecule has 0 bridgehead atoms. The second-order valence-corrected chi connectivity index (χ2v) is 4.99. The summed E-state index contributed by atoms with van der Waals surface area (Å²) in [6.45, 7) is 7.95. The fourth-order valence-electron chi connectivity index (χ4n) is 2.21. The molecule has 1 heterocycles. The van der Waals surface area contributed by atoms with Crippen molar-refractivity contribution in [2.75, 3.05) is 12.8 Å². The number of benzene rings is 1. The Bertz CT molecular complexity index is 647. The summed E-state index contributed by atoms with van der Waals surface area (Å²) >= 11 is 0. The maximum Gasteiger partial charge on any atom is 0.137 e. The van der Waals surface area contributed by atoms with Crippen LogP contribution < -0.4 is 5.73 Å². The van der Waals surface area contributed by atoms with E-state index in [4.69, 9.17) is 10.5 Å². The van der Waals surface area contributed by atoms with Crippen molar-refractivity contribution in [2.45, 2.75) is 20.3 Å². The number of ether oxygens (including phenoxy) is 1. The molecular weight excluding hydrogens is 248 g/mol. The number of methoxy groups -OCH3 is 1. The molecule has 0 saturated carbocycles. The Labute approximate surface area is 120 Å². The van der Waals surface area contributed by atoms with Gasteiger partial charge in [-0.15, -0.1) is 0 Å². The number of pyridine rings is 1. The van der Waals surface area contributed by atoms with Gasteiger partial charge >= 0.3 is 0 Å². The molecule has 3 nitrogen and oxygen atoms in total. The molecule has 0 radical (unpaired) electrons. The minimum atomic E-state index is 0.576. The molecule has 0 aliphatic carbocycles. The van der Waals surface area contributed by atoms with Crippen LogP contribution in [0.5, 0.6) is 0 Å². The first-order chi connectivity index (χ1) is 9.51. The average Bonchev–Trinajstić information content (AvgIpc) is 2.43. The maximum absolute atomic E-state index is 6.03. The summed E-state index contributed by atoms with van der Waals surface area (Å²) in [5.41, 5.74) is 12.4. The van der Waals surface area contributed by atoms with Gasteiger partial charge in [-0.2, -0.15) is 0 Å². The van der Waals surface area contributed by atoms with Crippen LogP contribution in [0.1, 0.15) is 27.9 Å². The Balaban J connectivity index is 2.33. The van der Waals surface area contributed by atoms with Crippen LogP contribution in [0.15, 0.2) is 37.0 Å². The normalized spacial score (nSPS) is 10.3. The van der Waals surface area contributed by atoms with Gasteiger partial charge in [0.25, 0.3) is 0 Å². The Morgan fingerprint density at radius 1 is 1.30 bits per heavy atom. The van der Waals surface area contributed by atoms with E-state index in [9.17, 15) is 0 Å². The van der Waals surface area contributed by atoms with E-state index in [1.807, 2.05) is 18.2 Å². The van der Waals surface area contributed by atoms with Crippen molar-refractivity contribution < 1.29 is 4.74 Å². The Morgan fingerprint density at radius 2 is 2.05 bits per heavy atom. The Kier molecular flexibility index (Phi) is 4.08. The lowest BCUT2D eigenvalue weighted by Gasteiger charge is -2.11. The van der Waals surface area contributed by atoms with Crippen LogP contribution >= 0.6 is 0 Å². The summed E-state index contributed by atoms with van der Waals surface area (Å²) < 4.78 is 5.13. The van der Waals surface area contributed by atoms with Crippen molar-refractivity contribution in [1.29, 1.82) is 0 Å². The highest BCUT2D eigenvalue weighted by Crippen LogP contribution is 2.22. The van der Waals surface area contributed by atoms with Gasteiger partial charge in [-0.1, -0.05) is 12.6 Å². The average molecular weight is 268 g/mol. The number of hydrogen-bond donors (Lipinski definition) is 1. The molecular formula is C17H20N2O. The lowest BCUT2D eigenvalue weighted by Crippen LogP contribution is -1.99. The predicted octanol–water partition coefficient (Wildman–Crippen LogP) is 3.49. The predicted molar refractivity (Wildman–Crippen MR) is 83.4 cm³/mol. The Morgan fingerprint density at radius 3 is 2.75 bits per heavy atom. The van der Waals surface area contributed by atoms with Gasteiger partial charge in [-0.25, -0.2) is 0 Å². The van der Waals surface area contributed by atoms with E-state index in [0.717, 1.165) is 23.4 Å². The molecule has 2 N–H and O–H groups in total. The van der Waals surface area contributed by atoms with Crippen LogP contribution in [0.3, 0.4) is 0 Å². The number of hydrogen-bond acceptors (Lipinski definition) is 3. The molecule has 0 aliphatic heterocycles. The third kappa shape index (κ3) is 2.99. The first-order valence-electron chi connectivity index (χ1n) is 6.55. The molecule has 0 spiro atoms. The zero-order valence-electron chi connectivity index (χ0n) is 12.2. The van der Waals surface area contributed by atoms with Gasteiger partial charge in [0.1, 0.15) is 11.5 Å². The highest BCUT2D eigenvalue weighted by molar-refractivity contribution is 5.56. The maximum atomic E-state index is 6.03. The summed E-state index contributed by atoms with van der Waals surface area (Å²) in [6, 6.07) is 8.19. The van der Waals surface area contributed by atoms with E-state index < -0.39 is 0 Å². The molecule has 104 valence electrons. The fourth-order valence-corrected chi connectivity index (χ4v) is 2.21. The first-order valence-corrected chi connectivity index (χ1v) is 6.55. The van der Waals surface area contributed by atoms with Crippen LogP contribution in [0.4, 0.5) is 5.69 Å². The molecule has 0 amide bonds. The molecule has 3 heteroatoms. The minimum absolute atomic E-state index is 0.576. The van der Waals surface area contributed by atoms with Crippen molar-refractivity contribution in [2.24, 2.45) is 0 Å². The van der Waals surface area contributed by atoms with Gasteiger partial charge in [-0.05, 0) is 60.7 Å². The topological polar surface area (TPSA) is 48.1 Å². The van der Waals surface area contributed by atoms with Crippen LogP contribution in [-0.4, -0.2) is 12.1 Å². The van der Waals surface area contributed by atoms with Crippen LogP contribution in [-0.2, 0) is 11.2 Å². The molecule has 0 unspecified atom stereocenters. The molecule has 0 atom stereocenters. The highest BCUT2D eigenvalue weighted by Gasteiger charge is 2.07. The molecule has 1 aromatic heterocycles. The van der Waals surface area contributed by atoms with E-state index >= 15 is 0 Å². The molecule has 20 heavy (non-hydrogen) atoms. The molecule has 0 aliphatic rings. The van der Waals surface area contributed by atoms with Crippen LogP contribution in [0.25, 0.3) is 5.76 Å². The van der Waals surface area contributed by atoms with Gasteiger partial charge in [0.05, 0.1) is 7.11 Å². The summed E-state index contributed by atoms with van der Waals surface area (Å²) in [6.07, 6.45) is 2.60. The van der Waals surface area contributed by atoms with Crippen LogP contribution in [0, 0.1) is 13.8 Å². The van der Waals surface area contributed by atoms with E-state index in [2.05, 4.69) is 31.5 Å². The number of aryl methyl sites for hydroxylation is 1. The molecule has 0 saturated heterocycles. The summed E-state index contributed by atoms with van der Waals surface area (Å²) in [7, 11) is 1.60. The number of anilines is 1. The van der Waals surface area contributed by atoms with Gasteiger partial charge in [0.2, 0.25) is 0 Å². The molecule has 1 aromatic carbocycles. The smallest absolute Gasteiger partial charge is 0.137 e. The second kappa shape index (κ2) is 5.78. The number of rotatable bonds is 4. The zero-order chi connectivity index (χ0) is 14.7. The summed E-state index contributed by atoms with van der Waals surface area (Å²) in [5.74, 6) is 0.576. The van der Waals surface area contributed by atoms with Gasteiger partial charge in [0.15, 0.2) is 0 Å². The van der Waals surface area contributed by atoms with Crippen molar-refractivity contribution in [3.63, 3.8) is 0 Å². The lowest BCUT2D eigenvalue weighted by molar-refractivity contribution is 0.369. The van der Waals surface area contributed by atoms with E-state index in [1.165, 1.54) is 16.7 Å². The van der Waals surface area contributed by atoms with Crippen LogP contribution in [0.2, 0.25) is 0 Å². The van der Waals surface area contributed by atoms with Crippen molar-refractivity contribution in [3.8, 4) is 0 Å². The molecule has 2 aromatic rings. The first kappa shape index (κ1) is 14.1. The van der Waals surface area contributed by atoms with Crippen molar-refractivity contribution >= 4 is 11.4 Å². The Hall–Kier alpha value is -2.29. The highest BCUT2D eigenvalue weighted by atomic mass is 16.5. The fraction of sp³-hybridized carbons (Fsp3) is 0.235. The second-order valence-electron chi connectivity index (χ2n) is 4.99. The minimum Gasteiger partial charge on any atom is -0.495 e. The van der Waals surface area contributed by atoms with E-state index in [0.29, 0.717) is 5.76 Å². The van der Waals surface area contributed by atoms with Gasteiger partial charge in [0, 0.05) is 11.9 Å². The third-order valence-corrected chi connectivity index (χ3v) is 3.45. The van der Waals surface area contributed by atoms with Gasteiger partial charge < -0.3 is 10.5 Å². The number of nitrogens with zero attached hydrogens (tertiary/aromatic N) is 1. The number of aromatic nitrogens is 1. The number of nitrogen functional groups attached to an aromatic ring is 1. The monoisotopic (exact) mass is 268 g/mol. The molecule has 0 fully saturated rings. The SMILES string of the molecule is C=C(OC)c1cc(Cc2cc(C)cc(N)c2C)ccn1. The summed E-state index contributed by atoms with van der Waals surface area (Å²) in [4.78, 5) is 4.26. The summed E-state index contributed by atoms with van der Waals surface area (Å²) in [5, 5.41) is 0. The van der Waals surface area contributed by atoms with Crippen molar-refractivity contribution in [1.82, 2.24) is 4.98 Å². The third-order valence-electron chi connectivity index (χ3n) is 3.45.